The van der Waals surface area contributed by atoms with E-state index in [2.05, 4.69) is 42.0 Å². The molecule has 0 radical (unpaired) electrons. The molecule has 0 spiro atoms. The summed E-state index contributed by atoms with van der Waals surface area (Å²) < 4.78 is 33.4. The van der Waals surface area contributed by atoms with Crippen LogP contribution >= 0.6 is 0 Å². The van der Waals surface area contributed by atoms with Crippen molar-refractivity contribution in [3.63, 3.8) is 0 Å². The quantitative estimate of drug-likeness (QED) is 0.127. The summed E-state index contributed by atoms with van der Waals surface area (Å²) in [7, 11) is 0. The van der Waals surface area contributed by atoms with Crippen molar-refractivity contribution in [3.8, 4) is 0 Å². The zero-order chi connectivity index (χ0) is 43.4. The zero-order valence-corrected chi connectivity index (χ0v) is 34.4. The Hall–Kier alpha value is -6.52. The number of halogens is 2. The smallest absolute Gasteiger partial charge is 0.262 e. The van der Waals surface area contributed by atoms with Crippen LogP contribution in [0.2, 0.25) is 0 Å². The molecule has 324 valence electrons. The van der Waals surface area contributed by atoms with Gasteiger partial charge in [0.05, 0.1) is 22.2 Å². The number of carbonyl (C=O) groups is 5. The second-order valence-corrected chi connectivity index (χ2v) is 17.2. The molecule has 4 aromatic carbocycles. The molecule has 1 atom stereocenters. The number of amides is 5. The van der Waals surface area contributed by atoms with E-state index in [1.807, 2.05) is 36.4 Å². The van der Waals surface area contributed by atoms with Crippen molar-refractivity contribution in [2.45, 2.75) is 69.0 Å². The van der Waals surface area contributed by atoms with Gasteiger partial charge in [0.1, 0.15) is 17.7 Å². The molecule has 4 N–H and O–H groups in total. The minimum atomic E-state index is -0.989. The first-order valence-electron chi connectivity index (χ1n) is 21.6. The lowest BCUT2D eigenvalue weighted by Crippen LogP contribution is -2.54. The molecule has 0 saturated carbocycles. The highest BCUT2D eigenvalue weighted by molar-refractivity contribution is 6.23. The molecule has 1 aromatic heterocycles. The number of hydrogen-bond acceptors (Lipinski definition) is 10. The van der Waals surface area contributed by atoms with E-state index in [1.54, 1.807) is 12.1 Å². The van der Waals surface area contributed by atoms with E-state index in [4.69, 9.17) is 4.74 Å². The predicted molar refractivity (Wildman–Crippen MR) is 230 cm³/mol. The summed E-state index contributed by atoms with van der Waals surface area (Å²) in [6.07, 6.45) is 4.05. The highest BCUT2D eigenvalue weighted by Crippen LogP contribution is 2.37. The lowest BCUT2D eigenvalue weighted by atomic mass is 9.86. The second kappa shape index (κ2) is 16.6. The van der Waals surface area contributed by atoms with Crippen molar-refractivity contribution in [1.82, 2.24) is 25.3 Å². The molecule has 5 aromatic rings. The highest BCUT2D eigenvalue weighted by atomic mass is 19.1. The second-order valence-electron chi connectivity index (χ2n) is 17.2. The van der Waals surface area contributed by atoms with Crippen molar-refractivity contribution in [2.75, 3.05) is 54.9 Å². The van der Waals surface area contributed by atoms with Gasteiger partial charge in [-0.05, 0) is 110 Å². The number of hydrogen-bond donors (Lipinski definition) is 4. The van der Waals surface area contributed by atoms with Crippen LogP contribution in [-0.2, 0) is 20.7 Å². The number of imide groups is 2. The van der Waals surface area contributed by atoms with Crippen LogP contribution in [0.1, 0.15) is 92.2 Å². The SMILES string of the molecule is O=C1CCC(N2C(=O)c3ccc(C4CN(C5CCN(c6ccc(C(=O)Nc7n[nH]c8ccc(Cc9cc(F)cc(F)c9)cc78)c(NC7CCOCC7)c6)CC5)C4)cc3C2=O)C(=O)N1. The molecular weight excluding hydrogens is 811 g/mol. The summed E-state index contributed by atoms with van der Waals surface area (Å²) in [5, 5.41) is 16.9. The molecule has 1 unspecified atom stereocenters. The molecule has 63 heavy (non-hydrogen) atoms. The number of rotatable bonds is 10. The van der Waals surface area contributed by atoms with E-state index in [0.717, 1.165) is 85.3 Å². The van der Waals surface area contributed by atoms with Crippen LogP contribution in [-0.4, -0.2) is 107 Å². The highest BCUT2D eigenvalue weighted by Gasteiger charge is 2.45. The fraction of sp³-hybridized carbons (Fsp3) is 0.362. The molecule has 5 aliphatic heterocycles. The fourth-order valence-electron chi connectivity index (χ4n) is 9.75. The minimum Gasteiger partial charge on any atom is -0.381 e. The standard InChI is InChI=1S/C47H46F2N8O6/c48-30-18-27(19-31(49)22-30)17-26-1-6-39-38(20-26)43(54-53-39)52-44(59)36-5-3-34(23-40(36)50-32-11-15-63-16-12-32)55-13-9-33(10-14-55)56-24-29(25-56)28-2-4-35-37(21-28)47(62)57(46(35)61)41-7-8-42(58)51-45(41)60/h1-6,18-23,29,32-33,41,50H,7-17,24-25H2,(H,51,58,60)(H2,52,53,54,59). The number of carbonyl (C=O) groups excluding carboxylic acids is 5. The van der Waals surface area contributed by atoms with Crippen LogP contribution in [0.25, 0.3) is 10.9 Å². The molecule has 16 heteroatoms. The first kappa shape index (κ1) is 40.5. The van der Waals surface area contributed by atoms with Gasteiger partial charge in [0, 0.05) is 86.6 Å². The van der Waals surface area contributed by atoms with Gasteiger partial charge in [-0.25, -0.2) is 8.78 Å². The van der Waals surface area contributed by atoms with Gasteiger partial charge in [0.2, 0.25) is 11.8 Å². The Morgan fingerprint density at radius 2 is 1.57 bits per heavy atom. The van der Waals surface area contributed by atoms with Crippen LogP contribution in [0.5, 0.6) is 0 Å². The van der Waals surface area contributed by atoms with Crippen LogP contribution < -0.4 is 20.9 Å². The average molecular weight is 857 g/mol. The Morgan fingerprint density at radius 1 is 0.810 bits per heavy atom. The van der Waals surface area contributed by atoms with Gasteiger partial charge in [0.15, 0.2) is 5.82 Å². The van der Waals surface area contributed by atoms with E-state index in [0.29, 0.717) is 59.1 Å². The maximum atomic E-state index is 14.0. The number of benzene rings is 4. The number of piperidine rings is 2. The van der Waals surface area contributed by atoms with E-state index in [9.17, 15) is 32.8 Å². The number of likely N-dealkylation sites (tertiary alicyclic amines) is 1. The first-order chi connectivity index (χ1) is 30.5. The number of nitrogens with zero attached hydrogens (tertiary/aromatic N) is 4. The van der Waals surface area contributed by atoms with Crippen molar-refractivity contribution < 1.29 is 37.5 Å². The minimum absolute atomic E-state index is 0.0778. The Morgan fingerprint density at radius 3 is 2.33 bits per heavy atom. The van der Waals surface area contributed by atoms with Crippen molar-refractivity contribution in [1.29, 1.82) is 0 Å². The molecule has 4 saturated heterocycles. The van der Waals surface area contributed by atoms with Crippen molar-refractivity contribution >= 4 is 57.6 Å². The number of anilines is 3. The van der Waals surface area contributed by atoms with Gasteiger partial charge in [-0.15, -0.1) is 0 Å². The van der Waals surface area contributed by atoms with Crippen molar-refractivity contribution in [3.05, 3.63) is 118 Å². The van der Waals surface area contributed by atoms with E-state index >= 15 is 0 Å². The maximum Gasteiger partial charge on any atom is 0.262 e. The molecule has 10 rings (SSSR count). The van der Waals surface area contributed by atoms with Gasteiger partial charge in [-0.2, -0.15) is 5.10 Å². The molecule has 0 bridgehead atoms. The van der Waals surface area contributed by atoms with Crippen LogP contribution in [0.15, 0.2) is 72.8 Å². The number of H-pyrrole nitrogens is 1. The maximum absolute atomic E-state index is 14.0. The van der Waals surface area contributed by atoms with Crippen LogP contribution in [0, 0.1) is 11.6 Å². The first-order valence-corrected chi connectivity index (χ1v) is 21.6. The number of aromatic nitrogens is 2. The van der Waals surface area contributed by atoms with Gasteiger partial charge in [-0.3, -0.25) is 44.2 Å². The molecule has 5 amide bonds. The summed E-state index contributed by atoms with van der Waals surface area (Å²) >= 11 is 0. The summed E-state index contributed by atoms with van der Waals surface area (Å²) in [6, 6.07) is 19.9. The number of nitrogens with one attached hydrogen (secondary N) is 4. The topological polar surface area (TPSA) is 169 Å². The number of ether oxygens (including phenoxy) is 1. The van der Waals surface area contributed by atoms with E-state index in [-0.39, 0.29) is 36.3 Å². The van der Waals surface area contributed by atoms with E-state index in [1.165, 1.54) is 12.1 Å². The van der Waals surface area contributed by atoms with Gasteiger partial charge in [0.25, 0.3) is 17.7 Å². The van der Waals surface area contributed by atoms with Gasteiger partial charge in [-0.1, -0.05) is 12.1 Å². The Bertz CT molecular complexity index is 2650. The van der Waals surface area contributed by atoms with Gasteiger partial charge < -0.3 is 20.3 Å². The van der Waals surface area contributed by atoms with E-state index < -0.39 is 41.3 Å². The molecule has 5 aliphatic rings. The molecule has 0 aliphatic carbocycles. The summed E-state index contributed by atoms with van der Waals surface area (Å²) in [5.74, 6) is -3.03. The third-order valence-electron chi connectivity index (χ3n) is 13.2. The molecule has 4 fully saturated rings. The Labute approximate surface area is 361 Å². The lowest BCUT2D eigenvalue weighted by Gasteiger charge is -2.47. The van der Waals surface area contributed by atoms with Crippen LogP contribution in [0.4, 0.5) is 26.0 Å². The lowest BCUT2D eigenvalue weighted by molar-refractivity contribution is -0.136. The summed E-state index contributed by atoms with van der Waals surface area (Å²) in [5.41, 5.74) is 5.85. The normalized spacial score (nSPS) is 20.3. The average Bonchev–Trinajstić information content (AvgIpc) is 3.76. The third kappa shape index (κ3) is 8.04. The fourth-order valence-corrected chi connectivity index (χ4v) is 9.75. The Balaban J connectivity index is 0.787. The third-order valence-corrected chi connectivity index (χ3v) is 13.2. The van der Waals surface area contributed by atoms with Crippen LogP contribution in [0.3, 0.4) is 0 Å². The number of aromatic amines is 1. The summed E-state index contributed by atoms with van der Waals surface area (Å²) in [6.45, 7) is 4.63. The monoisotopic (exact) mass is 856 g/mol. The molecular formula is C47H46F2N8O6. The largest absolute Gasteiger partial charge is 0.381 e. The zero-order valence-electron chi connectivity index (χ0n) is 34.4. The summed E-state index contributed by atoms with van der Waals surface area (Å²) in [4.78, 5) is 70.6. The Kier molecular flexibility index (Phi) is 10.7. The molecule has 6 heterocycles. The molecule has 14 nitrogen and oxygen atoms in total. The number of fused-ring (bicyclic) bond motifs is 2. The van der Waals surface area contributed by atoms with Crippen molar-refractivity contribution in [2.24, 2.45) is 0 Å². The van der Waals surface area contributed by atoms with Gasteiger partial charge >= 0.3 is 0 Å². The predicted octanol–water partition coefficient (Wildman–Crippen LogP) is 5.74.